The van der Waals surface area contributed by atoms with E-state index in [4.69, 9.17) is 22.4 Å². The van der Waals surface area contributed by atoms with Crippen molar-refractivity contribution >= 4 is 44.8 Å². The van der Waals surface area contributed by atoms with Gasteiger partial charge < -0.3 is 0 Å². The maximum Gasteiger partial charge on any atom is 0.134 e. The summed E-state index contributed by atoms with van der Waals surface area (Å²) in [5, 5.41) is 17.3. The summed E-state index contributed by atoms with van der Waals surface area (Å²) < 4.78 is 0. The zero-order valence-corrected chi connectivity index (χ0v) is 12.3. The van der Waals surface area contributed by atoms with Gasteiger partial charge in [-0.05, 0) is 33.3 Å². The Morgan fingerprint density at radius 2 is 2.06 bits per heavy atom. The first kappa shape index (κ1) is 13.2. The van der Waals surface area contributed by atoms with Gasteiger partial charge in [0.25, 0.3) is 0 Å². The first-order valence-corrected chi connectivity index (χ1v) is 6.81. The molecule has 0 spiro atoms. The van der Waals surface area contributed by atoms with Crippen LogP contribution in [0.3, 0.4) is 0 Å². The number of halogens is 1. The van der Waals surface area contributed by atoms with E-state index < -0.39 is 0 Å². The van der Waals surface area contributed by atoms with Gasteiger partial charge in [0, 0.05) is 10.4 Å². The van der Waals surface area contributed by atoms with Crippen LogP contribution in [0.15, 0.2) is 4.99 Å². The second kappa shape index (κ2) is 4.48. The fourth-order valence-corrected chi connectivity index (χ4v) is 3.59. The Kier molecular flexibility index (Phi) is 3.29. The lowest BCUT2D eigenvalue weighted by Crippen LogP contribution is -2.38. The Morgan fingerprint density at radius 1 is 1.44 bits per heavy atom. The number of thiophene rings is 1. The smallest absolute Gasteiger partial charge is 0.134 e. The van der Waals surface area contributed by atoms with Gasteiger partial charge in [-0.15, -0.1) is 11.3 Å². The molecule has 1 aliphatic heterocycles. The average molecular weight is 283 g/mol. The fourth-order valence-electron chi connectivity index (χ4n) is 1.93. The predicted molar refractivity (Wildman–Crippen MR) is 79.3 cm³/mol. The minimum Gasteiger partial charge on any atom is -0.288 e. The quantitative estimate of drug-likeness (QED) is 0.555. The van der Waals surface area contributed by atoms with Crippen LogP contribution < -0.4 is 4.90 Å². The zero-order valence-electron chi connectivity index (χ0n) is 10.8. The fraction of sp³-hybridized carbons (Fsp3) is 0.417. The third-order valence-electron chi connectivity index (χ3n) is 3.06. The van der Waals surface area contributed by atoms with Gasteiger partial charge in [0.15, 0.2) is 0 Å². The molecule has 2 heterocycles. The SMILES string of the molecule is CC(=N)N1C(=N)C(C)N=C(Cl)c2c1sc(C)c2C. The number of anilines is 1. The molecule has 0 aliphatic carbocycles. The van der Waals surface area contributed by atoms with E-state index in [0.717, 1.165) is 21.0 Å². The topological polar surface area (TPSA) is 63.3 Å². The van der Waals surface area contributed by atoms with E-state index in [1.165, 1.54) is 0 Å². The lowest BCUT2D eigenvalue weighted by Gasteiger charge is -2.23. The monoisotopic (exact) mass is 282 g/mol. The highest BCUT2D eigenvalue weighted by atomic mass is 35.5. The minimum atomic E-state index is -0.336. The maximum absolute atomic E-state index is 8.15. The third-order valence-corrected chi connectivity index (χ3v) is 4.53. The average Bonchev–Trinajstić information content (AvgIpc) is 2.49. The van der Waals surface area contributed by atoms with Crippen LogP contribution in [-0.4, -0.2) is 22.9 Å². The summed E-state index contributed by atoms with van der Waals surface area (Å²) in [6.07, 6.45) is 0. The van der Waals surface area contributed by atoms with Gasteiger partial charge in [0.05, 0.1) is 0 Å². The maximum atomic E-state index is 8.15. The van der Waals surface area contributed by atoms with Crippen LogP contribution in [0, 0.1) is 24.7 Å². The molecule has 1 unspecified atom stereocenters. The molecule has 0 bridgehead atoms. The highest BCUT2D eigenvalue weighted by Crippen LogP contribution is 2.39. The number of nitrogens with zero attached hydrogens (tertiary/aromatic N) is 2. The van der Waals surface area contributed by atoms with Crippen molar-refractivity contribution in [3.05, 3.63) is 16.0 Å². The summed E-state index contributed by atoms with van der Waals surface area (Å²) in [6.45, 7) is 7.51. The Morgan fingerprint density at radius 3 is 2.61 bits per heavy atom. The van der Waals surface area contributed by atoms with Crippen LogP contribution >= 0.6 is 22.9 Å². The van der Waals surface area contributed by atoms with Gasteiger partial charge in [-0.3, -0.25) is 20.7 Å². The first-order valence-electron chi connectivity index (χ1n) is 5.62. The second-order valence-electron chi connectivity index (χ2n) is 4.37. The summed E-state index contributed by atoms with van der Waals surface area (Å²) in [7, 11) is 0. The lowest BCUT2D eigenvalue weighted by atomic mass is 10.1. The van der Waals surface area contributed by atoms with Crippen molar-refractivity contribution in [2.24, 2.45) is 4.99 Å². The van der Waals surface area contributed by atoms with Crippen molar-refractivity contribution in [3.63, 3.8) is 0 Å². The molecule has 0 saturated heterocycles. The molecule has 0 fully saturated rings. The number of rotatable bonds is 0. The molecule has 18 heavy (non-hydrogen) atoms. The van der Waals surface area contributed by atoms with E-state index >= 15 is 0 Å². The molecule has 2 N–H and O–H groups in total. The van der Waals surface area contributed by atoms with Crippen molar-refractivity contribution in [1.29, 1.82) is 10.8 Å². The Hall–Kier alpha value is -1.20. The van der Waals surface area contributed by atoms with Gasteiger partial charge in [0.2, 0.25) is 0 Å². The molecule has 96 valence electrons. The first-order chi connectivity index (χ1) is 8.34. The molecule has 6 heteroatoms. The van der Waals surface area contributed by atoms with E-state index in [1.807, 2.05) is 20.8 Å². The molecule has 1 aromatic rings. The third kappa shape index (κ3) is 1.87. The summed E-state index contributed by atoms with van der Waals surface area (Å²) >= 11 is 7.82. The molecule has 0 saturated carbocycles. The standard InChI is InChI=1S/C12H15ClN4S/c1-5-7(3)18-12-9(5)10(13)16-6(2)11(15)17(12)8(4)14/h6,14-15H,1-4H3. The number of hydrogen-bond acceptors (Lipinski definition) is 4. The lowest BCUT2D eigenvalue weighted by molar-refractivity contribution is 0.954. The van der Waals surface area contributed by atoms with Crippen LogP contribution in [-0.2, 0) is 0 Å². The molecule has 2 rings (SSSR count). The number of aryl methyl sites for hydroxylation is 1. The minimum absolute atomic E-state index is 0.292. The number of nitrogens with one attached hydrogen (secondary N) is 2. The second-order valence-corrected chi connectivity index (χ2v) is 5.93. The van der Waals surface area contributed by atoms with Crippen molar-refractivity contribution in [2.75, 3.05) is 4.90 Å². The number of aliphatic imine (C=N–C) groups is 1. The summed E-state index contributed by atoms with van der Waals surface area (Å²) in [5.41, 5.74) is 1.94. The summed E-state index contributed by atoms with van der Waals surface area (Å²) in [6, 6.07) is -0.336. The van der Waals surface area contributed by atoms with E-state index in [9.17, 15) is 0 Å². The van der Waals surface area contributed by atoms with E-state index in [-0.39, 0.29) is 6.04 Å². The van der Waals surface area contributed by atoms with Crippen LogP contribution in [0.1, 0.15) is 29.9 Å². The zero-order chi connectivity index (χ0) is 13.6. The van der Waals surface area contributed by atoms with E-state index in [1.54, 1.807) is 23.2 Å². The van der Waals surface area contributed by atoms with Crippen molar-refractivity contribution in [2.45, 2.75) is 33.7 Å². The predicted octanol–water partition coefficient (Wildman–Crippen LogP) is 3.53. The molecule has 4 nitrogen and oxygen atoms in total. The van der Waals surface area contributed by atoms with Crippen molar-refractivity contribution in [3.8, 4) is 0 Å². The molecular weight excluding hydrogens is 268 g/mol. The Balaban J connectivity index is 2.75. The van der Waals surface area contributed by atoms with Gasteiger partial charge in [-0.2, -0.15) is 0 Å². The number of amidine groups is 2. The van der Waals surface area contributed by atoms with Gasteiger partial charge in [-0.25, -0.2) is 0 Å². The molecular formula is C12H15ClN4S. The van der Waals surface area contributed by atoms with Gasteiger partial charge in [-0.1, -0.05) is 11.6 Å². The van der Waals surface area contributed by atoms with Crippen LogP contribution in [0.4, 0.5) is 5.00 Å². The Bertz CT molecular complexity index is 573. The van der Waals surface area contributed by atoms with Gasteiger partial charge >= 0.3 is 0 Å². The molecule has 0 radical (unpaired) electrons. The van der Waals surface area contributed by atoms with Crippen molar-refractivity contribution in [1.82, 2.24) is 0 Å². The molecule has 1 aliphatic rings. The largest absolute Gasteiger partial charge is 0.288 e. The van der Waals surface area contributed by atoms with Crippen LogP contribution in [0.5, 0.6) is 0 Å². The number of hydrogen-bond donors (Lipinski definition) is 2. The van der Waals surface area contributed by atoms with E-state index in [0.29, 0.717) is 16.8 Å². The van der Waals surface area contributed by atoms with Crippen molar-refractivity contribution < 1.29 is 0 Å². The van der Waals surface area contributed by atoms with E-state index in [2.05, 4.69) is 4.99 Å². The van der Waals surface area contributed by atoms with Crippen LogP contribution in [0.25, 0.3) is 0 Å². The molecule has 0 amide bonds. The molecule has 0 aromatic carbocycles. The summed E-state index contributed by atoms with van der Waals surface area (Å²) in [4.78, 5) is 7.10. The summed E-state index contributed by atoms with van der Waals surface area (Å²) in [5.74, 6) is 0.608. The van der Waals surface area contributed by atoms with Crippen LogP contribution in [0.2, 0.25) is 0 Å². The molecule has 1 aromatic heterocycles. The van der Waals surface area contributed by atoms with Gasteiger partial charge in [0.1, 0.15) is 27.9 Å². The molecule has 1 atom stereocenters. The highest BCUT2D eigenvalue weighted by Gasteiger charge is 2.30. The normalized spacial score (nSPS) is 19.4. The number of fused-ring (bicyclic) bond motifs is 1. The highest BCUT2D eigenvalue weighted by molar-refractivity contribution is 7.17. The Labute approximate surface area is 115 Å².